The molecule has 6 nitrogen and oxygen atoms in total. The normalized spacial score (nSPS) is 14.5. The molecular weight excluding hydrogens is 482 g/mol. The molecule has 0 spiro atoms. The van der Waals surface area contributed by atoms with Gasteiger partial charge < -0.3 is 5.32 Å². The second kappa shape index (κ2) is 13.1. The van der Waals surface area contributed by atoms with Crippen molar-refractivity contribution >= 4 is 11.9 Å². The summed E-state index contributed by atoms with van der Waals surface area (Å²) >= 11 is 0. The van der Waals surface area contributed by atoms with Gasteiger partial charge in [-0.15, -0.1) is 0 Å². The smallest absolute Gasteiger partial charge is 0.323 e. The van der Waals surface area contributed by atoms with E-state index in [1.54, 1.807) is 0 Å². The lowest BCUT2D eigenvalue weighted by molar-refractivity contribution is 0.221. The molecule has 210 valence electrons. The van der Waals surface area contributed by atoms with Gasteiger partial charge in [0.25, 0.3) is 0 Å². The van der Waals surface area contributed by atoms with Gasteiger partial charge >= 0.3 is 6.03 Å². The van der Waals surface area contributed by atoms with E-state index in [2.05, 4.69) is 81.0 Å². The van der Waals surface area contributed by atoms with E-state index in [1.165, 1.54) is 27.3 Å². The maximum absolute atomic E-state index is 13.2. The molecular formula is C33H47N5O. The van der Waals surface area contributed by atoms with Gasteiger partial charge in [0.15, 0.2) is 0 Å². The summed E-state index contributed by atoms with van der Waals surface area (Å²) in [6, 6.07) is 16.2. The van der Waals surface area contributed by atoms with Crippen molar-refractivity contribution in [3.05, 3.63) is 82.2 Å². The van der Waals surface area contributed by atoms with Crippen molar-refractivity contribution in [2.24, 2.45) is 5.41 Å². The number of urea groups is 1. The van der Waals surface area contributed by atoms with Crippen LogP contribution in [0, 0.1) is 17.7 Å². The van der Waals surface area contributed by atoms with E-state index >= 15 is 0 Å². The van der Waals surface area contributed by atoms with Crippen molar-refractivity contribution in [2.45, 2.75) is 93.5 Å². The SMILES string of the molecule is CC.CCC(C)c1ccc(C(=N)N(CC)C(=O)NCc2nn(-c3cccc(C)c3)c3c2CCC(C)(C)C3)cc1. The number of hydrogen-bond acceptors (Lipinski definition) is 3. The highest BCUT2D eigenvalue weighted by Crippen LogP contribution is 2.37. The van der Waals surface area contributed by atoms with Crippen molar-refractivity contribution in [2.75, 3.05) is 6.54 Å². The highest BCUT2D eigenvalue weighted by molar-refractivity contribution is 6.05. The topological polar surface area (TPSA) is 74.0 Å². The molecule has 4 rings (SSSR count). The molecule has 1 aliphatic rings. The summed E-state index contributed by atoms with van der Waals surface area (Å²) in [5.74, 6) is 0.690. The number of carbonyl (C=O) groups excluding carboxylic acids is 1. The summed E-state index contributed by atoms with van der Waals surface area (Å²) in [5, 5.41) is 16.7. The van der Waals surface area contributed by atoms with Crippen LogP contribution in [-0.4, -0.2) is 33.1 Å². The van der Waals surface area contributed by atoms with Crippen molar-refractivity contribution in [3.63, 3.8) is 0 Å². The van der Waals surface area contributed by atoms with Crippen molar-refractivity contribution in [1.82, 2.24) is 20.0 Å². The first-order valence-electron chi connectivity index (χ1n) is 14.5. The van der Waals surface area contributed by atoms with Crippen LogP contribution >= 0.6 is 0 Å². The number of nitrogens with zero attached hydrogens (tertiary/aromatic N) is 3. The van der Waals surface area contributed by atoms with Gasteiger partial charge in [-0.2, -0.15) is 5.10 Å². The predicted octanol–water partition coefficient (Wildman–Crippen LogP) is 7.79. The molecule has 1 aliphatic carbocycles. The van der Waals surface area contributed by atoms with Gasteiger partial charge in [-0.1, -0.05) is 77.9 Å². The Bertz CT molecular complexity index is 1270. The van der Waals surface area contributed by atoms with Crippen LogP contribution in [0.4, 0.5) is 4.79 Å². The molecule has 2 amide bonds. The van der Waals surface area contributed by atoms with Gasteiger partial charge in [0.1, 0.15) is 5.84 Å². The molecule has 0 saturated heterocycles. The Kier molecular flexibility index (Phi) is 10.1. The number of hydrogen-bond donors (Lipinski definition) is 2. The molecule has 1 heterocycles. The summed E-state index contributed by atoms with van der Waals surface area (Å²) < 4.78 is 2.07. The van der Waals surface area contributed by atoms with Crippen molar-refractivity contribution in [3.8, 4) is 5.69 Å². The van der Waals surface area contributed by atoms with E-state index in [1.807, 2.05) is 32.9 Å². The molecule has 1 aromatic heterocycles. The first-order chi connectivity index (χ1) is 18.6. The minimum Gasteiger partial charge on any atom is -0.332 e. The number of carbonyl (C=O) groups is 1. The lowest BCUT2D eigenvalue weighted by atomic mass is 9.76. The number of nitrogens with one attached hydrogen (secondary N) is 2. The number of aromatic nitrogens is 2. The number of amides is 2. The number of aryl methyl sites for hydroxylation is 1. The Balaban J connectivity index is 0.00000205. The Hall–Kier alpha value is -3.41. The lowest BCUT2D eigenvalue weighted by Crippen LogP contribution is -2.43. The lowest BCUT2D eigenvalue weighted by Gasteiger charge is -2.30. The standard InChI is InChI=1S/C31H41N5O.C2H6/c1-7-22(4)23-12-14-24(15-13-23)29(32)35(8-2)30(37)33-20-27-26-16-17-31(5,6)19-28(26)36(34-27)25-11-9-10-21(3)18-25;1-2/h9-15,18,22,32H,7-8,16-17,19-20H2,1-6H3,(H,33,37);1-2H3. The van der Waals surface area contributed by atoms with Gasteiger partial charge in [-0.3, -0.25) is 10.3 Å². The van der Waals surface area contributed by atoms with Crippen LogP contribution in [-0.2, 0) is 19.4 Å². The summed E-state index contributed by atoms with van der Waals surface area (Å²) in [5.41, 5.74) is 7.88. The number of rotatable bonds is 7. The minimum atomic E-state index is -0.270. The predicted molar refractivity (Wildman–Crippen MR) is 162 cm³/mol. The maximum Gasteiger partial charge on any atom is 0.323 e. The zero-order valence-electron chi connectivity index (χ0n) is 25.2. The van der Waals surface area contributed by atoms with Crippen LogP contribution in [0.15, 0.2) is 48.5 Å². The average Bonchev–Trinajstić information content (AvgIpc) is 3.29. The summed E-state index contributed by atoms with van der Waals surface area (Å²) in [4.78, 5) is 14.7. The molecule has 0 radical (unpaired) electrons. The zero-order valence-corrected chi connectivity index (χ0v) is 25.2. The van der Waals surface area contributed by atoms with Gasteiger partial charge in [0.05, 0.1) is 17.9 Å². The fraction of sp³-hybridized carbons (Fsp3) is 0.485. The van der Waals surface area contributed by atoms with Crippen molar-refractivity contribution < 1.29 is 4.79 Å². The molecule has 2 aromatic carbocycles. The third-order valence-electron chi connectivity index (χ3n) is 7.72. The summed E-state index contributed by atoms with van der Waals surface area (Å²) in [6.45, 7) is 17.8. The van der Waals surface area contributed by atoms with E-state index in [0.29, 0.717) is 19.0 Å². The molecule has 1 unspecified atom stereocenters. The highest BCUT2D eigenvalue weighted by Gasteiger charge is 2.31. The second-order valence-electron chi connectivity index (χ2n) is 11.1. The zero-order chi connectivity index (χ0) is 28.7. The second-order valence-corrected chi connectivity index (χ2v) is 11.1. The molecule has 0 bridgehead atoms. The average molecular weight is 530 g/mol. The molecule has 3 aromatic rings. The van der Waals surface area contributed by atoms with Gasteiger partial charge in [0.2, 0.25) is 0 Å². The van der Waals surface area contributed by atoms with E-state index in [0.717, 1.165) is 42.6 Å². The molecule has 0 fully saturated rings. The van der Waals surface area contributed by atoms with Gasteiger partial charge in [-0.25, -0.2) is 9.48 Å². The van der Waals surface area contributed by atoms with Crippen LogP contribution in [0.25, 0.3) is 5.69 Å². The Morgan fingerprint density at radius 3 is 2.46 bits per heavy atom. The Morgan fingerprint density at radius 2 is 1.85 bits per heavy atom. The number of amidine groups is 1. The fourth-order valence-corrected chi connectivity index (χ4v) is 5.15. The Labute approximate surface area is 235 Å². The minimum absolute atomic E-state index is 0.213. The third kappa shape index (κ3) is 6.97. The molecule has 6 heteroatoms. The molecule has 0 aliphatic heterocycles. The fourth-order valence-electron chi connectivity index (χ4n) is 5.15. The first-order valence-corrected chi connectivity index (χ1v) is 14.5. The maximum atomic E-state index is 13.2. The van der Waals surface area contributed by atoms with Gasteiger partial charge in [-0.05, 0) is 79.7 Å². The molecule has 1 atom stereocenters. The Morgan fingerprint density at radius 1 is 1.15 bits per heavy atom. The van der Waals surface area contributed by atoms with E-state index < -0.39 is 0 Å². The quantitative estimate of drug-likeness (QED) is 0.242. The van der Waals surface area contributed by atoms with Gasteiger partial charge in [0, 0.05) is 17.8 Å². The van der Waals surface area contributed by atoms with Crippen LogP contribution in [0.1, 0.15) is 101 Å². The van der Waals surface area contributed by atoms with Crippen LogP contribution in [0.5, 0.6) is 0 Å². The van der Waals surface area contributed by atoms with E-state index in [-0.39, 0.29) is 17.3 Å². The van der Waals surface area contributed by atoms with Crippen molar-refractivity contribution in [1.29, 1.82) is 5.41 Å². The molecule has 0 saturated carbocycles. The summed E-state index contributed by atoms with van der Waals surface area (Å²) in [7, 11) is 0. The third-order valence-corrected chi connectivity index (χ3v) is 7.72. The number of fused-ring (bicyclic) bond motifs is 1. The van der Waals surface area contributed by atoms with Crippen LogP contribution in [0.2, 0.25) is 0 Å². The largest absolute Gasteiger partial charge is 0.332 e. The van der Waals surface area contributed by atoms with Crippen LogP contribution in [0.3, 0.4) is 0 Å². The monoisotopic (exact) mass is 529 g/mol. The summed E-state index contributed by atoms with van der Waals surface area (Å²) in [6.07, 6.45) is 4.07. The molecule has 2 N–H and O–H groups in total. The first kappa shape index (κ1) is 30.1. The number of benzene rings is 2. The molecule has 39 heavy (non-hydrogen) atoms. The van der Waals surface area contributed by atoms with Crippen LogP contribution < -0.4 is 5.32 Å². The highest BCUT2D eigenvalue weighted by atomic mass is 16.2. The van der Waals surface area contributed by atoms with E-state index in [9.17, 15) is 4.79 Å². The van der Waals surface area contributed by atoms with E-state index in [4.69, 9.17) is 10.5 Å².